The van der Waals surface area contributed by atoms with E-state index in [0.29, 0.717) is 11.5 Å². The van der Waals surface area contributed by atoms with Gasteiger partial charge in [-0.05, 0) is 60.8 Å². The summed E-state index contributed by atoms with van der Waals surface area (Å²) in [5.74, 6) is 1.24. The molecule has 0 amide bonds. The maximum atomic E-state index is 11.9. The quantitative estimate of drug-likeness (QED) is 0.382. The Kier molecular flexibility index (Phi) is 7.85. The molecule has 0 bridgehead atoms. The summed E-state index contributed by atoms with van der Waals surface area (Å²) in [6.45, 7) is 11.1. The first-order valence-electron chi connectivity index (χ1n) is 14.5. The Hall–Kier alpha value is -2.79. The number of hydrogen-bond donors (Lipinski definition) is 1. The van der Waals surface area contributed by atoms with E-state index < -0.39 is 5.97 Å². The SMILES string of the molecule is C.CC1CC(C)CN(CCN2CCn3c(c(C4CCCCC4)c4ccc(C(=O)O)cc43)-c3ccccc32)C1. The Morgan fingerprint density at radius 2 is 1.68 bits per heavy atom. The van der Waals surface area contributed by atoms with Crippen molar-refractivity contribution in [1.29, 1.82) is 0 Å². The van der Waals surface area contributed by atoms with Gasteiger partial charge < -0.3 is 19.5 Å². The van der Waals surface area contributed by atoms with Crippen LogP contribution in [-0.2, 0) is 6.54 Å². The number of aromatic nitrogens is 1. The number of para-hydroxylation sites is 1. The number of carboxylic acid groups (broad SMARTS) is 1. The zero-order chi connectivity index (χ0) is 25.5. The largest absolute Gasteiger partial charge is 0.478 e. The van der Waals surface area contributed by atoms with Gasteiger partial charge in [0.15, 0.2) is 0 Å². The van der Waals surface area contributed by atoms with Gasteiger partial charge >= 0.3 is 5.97 Å². The van der Waals surface area contributed by atoms with E-state index in [1.807, 2.05) is 6.07 Å². The highest BCUT2D eigenvalue weighted by atomic mass is 16.4. The molecule has 1 aliphatic carbocycles. The monoisotopic (exact) mass is 515 g/mol. The van der Waals surface area contributed by atoms with E-state index in [1.54, 1.807) is 6.07 Å². The summed E-state index contributed by atoms with van der Waals surface area (Å²) >= 11 is 0. The molecular weight excluding hydrogens is 470 g/mol. The van der Waals surface area contributed by atoms with Crippen LogP contribution in [0.3, 0.4) is 0 Å². The lowest BCUT2D eigenvalue weighted by Gasteiger charge is -2.36. The molecule has 3 aliphatic rings. The zero-order valence-corrected chi connectivity index (χ0v) is 22.5. The van der Waals surface area contributed by atoms with Gasteiger partial charge in [0.05, 0.1) is 11.3 Å². The molecule has 1 N–H and O–H groups in total. The first-order chi connectivity index (χ1) is 18.0. The third-order valence-corrected chi connectivity index (χ3v) is 9.09. The number of likely N-dealkylation sites (tertiary alicyclic amines) is 1. The van der Waals surface area contributed by atoms with Crippen molar-refractivity contribution in [3.8, 4) is 11.3 Å². The molecule has 3 aromatic rings. The number of carboxylic acids is 1. The van der Waals surface area contributed by atoms with E-state index >= 15 is 0 Å². The fraction of sp³-hybridized carbons (Fsp3) is 0.545. The van der Waals surface area contributed by atoms with Gasteiger partial charge in [0.25, 0.3) is 0 Å². The summed E-state index contributed by atoms with van der Waals surface area (Å²) in [5, 5.41) is 11.0. The van der Waals surface area contributed by atoms with Crippen LogP contribution in [0.15, 0.2) is 42.5 Å². The maximum absolute atomic E-state index is 11.9. The van der Waals surface area contributed by atoms with Crippen LogP contribution < -0.4 is 4.90 Å². The third-order valence-electron chi connectivity index (χ3n) is 9.09. The minimum atomic E-state index is -0.850. The van der Waals surface area contributed by atoms with Crippen molar-refractivity contribution in [2.24, 2.45) is 11.8 Å². The van der Waals surface area contributed by atoms with Crippen LogP contribution in [0, 0.1) is 11.8 Å². The number of rotatable bonds is 5. The number of piperidine rings is 1. The molecule has 2 aromatic carbocycles. The second kappa shape index (κ2) is 11.1. The normalized spacial score (nSPS) is 22.4. The average Bonchev–Trinajstić information content (AvgIpc) is 3.12. The predicted molar refractivity (Wildman–Crippen MR) is 158 cm³/mol. The third kappa shape index (κ3) is 4.98. The molecule has 1 saturated heterocycles. The van der Waals surface area contributed by atoms with Crippen LogP contribution in [0.4, 0.5) is 5.69 Å². The number of aromatic carboxylic acids is 1. The van der Waals surface area contributed by atoms with E-state index in [0.717, 1.165) is 43.5 Å². The van der Waals surface area contributed by atoms with Gasteiger partial charge in [-0.2, -0.15) is 0 Å². The summed E-state index contributed by atoms with van der Waals surface area (Å²) in [6, 6.07) is 14.8. The number of nitrogens with zero attached hydrogens (tertiary/aromatic N) is 3. The molecule has 2 aliphatic heterocycles. The van der Waals surface area contributed by atoms with Crippen LogP contribution in [0.1, 0.15) is 81.6 Å². The van der Waals surface area contributed by atoms with Crippen molar-refractivity contribution in [3.05, 3.63) is 53.6 Å². The molecule has 0 radical (unpaired) electrons. The zero-order valence-electron chi connectivity index (χ0n) is 22.5. The van der Waals surface area contributed by atoms with Crippen LogP contribution in [-0.4, -0.2) is 53.3 Å². The Balaban J connectivity index is 0.00000294. The van der Waals surface area contributed by atoms with Gasteiger partial charge in [-0.1, -0.05) is 64.8 Å². The minimum absolute atomic E-state index is 0. The van der Waals surface area contributed by atoms with Crippen molar-refractivity contribution in [1.82, 2.24) is 9.47 Å². The highest BCUT2D eigenvalue weighted by Gasteiger charge is 2.31. The summed E-state index contributed by atoms with van der Waals surface area (Å²) in [4.78, 5) is 17.1. The van der Waals surface area contributed by atoms with Crippen LogP contribution in [0.5, 0.6) is 0 Å². The standard InChI is InChI=1S/C32H41N3O2.CH4/c1-22-18-23(2)21-33(20-22)14-15-34-16-17-35-29-19-25(32(36)37)12-13-26(29)30(24-8-4-3-5-9-24)31(35)27-10-6-7-11-28(27)34;/h6-7,10-13,19,22-24H,3-5,8-9,14-18,20-21H2,1-2H3,(H,36,37);1H4. The second-order valence-electron chi connectivity index (χ2n) is 12.0. The number of carbonyl (C=O) groups is 1. The van der Waals surface area contributed by atoms with Gasteiger partial charge in [-0.25, -0.2) is 4.79 Å². The van der Waals surface area contributed by atoms with Crippen molar-refractivity contribution in [3.63, 3.8) is 0 Å². The second-order valence-corrected chi connectivity index (χ2v) is 12.0. The summed E-state index contributed by atoms with van der Waals surface area (Å²) in [5.41, 5.74) is 6.91. The van der Waals surface area contributed by atoms with E-state index in [4.69, 9.17) is 0 Å². The molecule has 2 fully saturated rings. The number of hydrogen-bond acceptors (Lipinski definition) is 3. The molecule has 204 valence electrons. The van der Waals surface area contributed by atoms with Crippen LogP contribution in [0.2, 0.25) is 0 Å². The van der Waals surface area contributed by atoms with Crippen LogP contribution >= 0.6 is 0 Å². The Labute approximate surface area is 228 Å². The molecule has 5 nitrogen and oxygen atoms in total. The Morgan fingerprint density at radius 1 is 0.947 bits per heavy atom. The summed E-state index contributed by atoms with van der Waals surface area (Å²) in [7, 11) is 0. The molecular formula is C33H45N3O2. The van der Waals surface area contributed by atoms with Gasteiger partial charge in [-0.15, -0.1) is 0 Å². The number of benzene rings is 2. The number of fused-ring (bicyclic) bond motifs is 5. The molecule has 1 saturated carbocycles. The molecule has 5 heteroatoms. The van der Waals surface area contributed by atoms with Gasteiger partial charge in [0, 0.05) is 61.4 Å². The lowest BCUT2D eigenvalue weighted by molar-refractivity contribution is 0.0697. The van der Waals surface area contributed by atoms with Crippen molar-refractivity contribution >= 4 is 22.6 Å². The van der Waals surface area contributed by atoms with Gasteiger partial charge in [0.2, 0.25) is 0 Å². The smallest absolute Gasteiger partial charge is 0.335 e. The fourth-order valence-corrected chi connectivity index (χ4v) is 7.60. The van der Waals surface area contributed by atoms with Crippen molar-refractivity contribution in [2.45, 2.75) is 72.3 Å². The van der Waals surface area contributed by atoms with Crippen LogP contribution in [0.25, 0.3) is 22.2 Å². The van der Waals surface area contributed by atoms with Crippen molar-refractivity contribution < 1.29 is 9.90 Å². The Bertz CT molecular complexity index is 1280. The molecule has 38 heavy (non-hydrogen) atoms. The molecule has 2 atom stereocenters. The molecule has 2 unspecified atom stereocenters. The molecule has 6 rings (SSSR count). The van der Waals surface area contributed by atoms with Gasteiger partial charge in [0.1, 0.15) is 0 Å². The minimum Gasteiger partial charge on any atom is -0.478 e. The van der Waals surface area contributed by atoms with Gasteiger partial charge in [-0.3, -0.25) is 0 Å². The predicted octanol–water partition coefficient (Wildman–Crippen LogP) is 7.49. The highest BCUT2D eigenvalue weighted by Crippen LogP contribution is 2.47. The first-order valence-corrected chi connectivity index (χ1v) is 14.5. The number of anilines is 1. The van der Waals surface area contributed by atoms with E-state index in [2.05, 4.69) is 58.5 Å². The molecule has 3 heterocycles. The molecule has 1 aromatic heterocycles. The topological polar surface area (TPSA) is 48.7 Å². The maximum Gasteiger partial charge on any atom is 0.335 e. The fourth-order valence-electron chi connectivity index (χ4n) is 7.60. The average molecular weight is 516 g/mol. The Morgan fingerprint density at radius 3 is 2.42 bits per heavy atom. The summed E-state index contributed by atoms with van der Waals surface area (Å²) < 4.78 is 2.45. The lowest BCUT2D eigenvalue weighted by atomic mass is 9.81. The highest BCUT2D eigenvalue weighted by molar-refractivity contribution is 5.99. The lowest BCUT2D eigenvalue weighted by Crippen LogP contribution is -2.43. The van der Waals surface area contributed by atoms with Crippen molar-refractivity contribution in [2.75, 3.05) is 37.6 Å². The van der Waals surface area contributed by atoms with E-state index in [9.17, 15) is 9.90 Å². The first kappa shape index (κ1) is 26.8. The van der Waals surface area contributed by atoms with E-state index in [1.165, 1.54) is 79.5 Å². The van der Waals surface area contributed by atoms with E-state index in [-0.39, 0.29) is 7.43 Å². The summed E-state index contributed by atoms with van der Waals surface area (Å²) in [6.07, 6.45) is 7.68. The molecule has 0 spiro atoms.